The summed E-state index contributed by atoms with van der Waals surface area (Å²) in [5.41, 5.74) is 11.6. The molecule has 0 rings (SSSR count). The highest BCUT2D eigenvalue weighted by Gasteiger charge is 2.23. The van der Waals surface area contributed by atoms with E-state index in [1.54, 1.807) is 0 Å². The molecule has 0 aromatic heterocycles. The molecule has 0 radical (unpaired) electrons. The average Bonchev–Trinajstić information content (AvgIpc) is 2.46. The fourth-order valence-electron chi connectivity index (χ4n) is 2.65. The van der Waals surface area contributed by atoms with Crippen LogP contribution in [0.5, 0.6) is 0 Å². The van der Waals surface area contributed by atoms with Crippen molar-refractivity contribution < 1.29 is 4.79 Å². The van der Waals surface area contributed by atoms with Gasteiger partial charge in [0.1, 0.15) is 0 Å². The van der Waals surface area contributed by atoms with E-state index in [1.807, 2.05) is 0 Å². The summed E-state index contributed by atoms with van der Waals surface area (Å²) in [7, 11) is 0. The van der Waals surface area contributed by atoms with Crippen molar-refractivity contribution in [3.05, 3.63) is 0 Å². The molecule has 0 aromatic carbocycles. The maximum Gasteiger partial charge on any atom is 0.152 e. The Morgan fingerprint density at radius 2 is 1.45 bits per heavy atom. The number of hydrogen-bond acceptors (Lipinski definition) is 3. The summed E-state index contributed by atoms with van der Waals surface area (Å²) >= 11 is 0. The summed E-state index contributed by atoms with van der Waals surface area (Å²) in [6.07, 6.45) is 12.0. The second kappa shape index (κ2) is 13.6. The Labute approximate surface area is 125 Å². The molecule has 0 spiro atoms. The van der Waals surface area contributed by atoms with Gasteiger partial charge in [-0.05, 0) is 32.2 Å². The quantitative estimate of drug-likeness (QED) is 0.477. The summed E-state index contributed by atoms with van der Waals surface area (Å²) in [5.74, 6) is 0.492. The SMILES string of the molecule is CCCCCCC(CCCC)C(=O)[C@@H](N)CCCCN. The van der Waals surface area contributed by atoms with E-state index in [1.165, 1.54) is 25.7 Å². The molecule has 3 heteroatoms. The van der Waals surface area contributed by atoms with Crippen molar-refractivity contribution in [2.45, 2.75) is 90.5 Å². The van der Waals surface area contributed by atoms with Gasteiger partial charge in [-0.15, -0.1) is 0 Å². The fraction of sp³-hybridized carbons (Fsp3) is 0.941. The van der Waals surface area contributed by atoms with Crippen LogP contribution in [0.1, 0.15) is 84.5 Å². The maximum absolute atomic E-state index is 12.5. The predicted molar refractivity (Wildman–Crippen MR) is 87.7 cm³/mol. The molecule has 0 bridgehead atoms. The van der Waals surface area contributed by atoms with Gasteiger partial charge in [-0.3, -0.25) is 4.79 Å². The number of Topliss-reactive ketones (excluding diaryl/α,β-unsaturated/α-hetero) is 1. The smallest absolute Gasteiger partial charge is 0.152 e. The van der Waals surface area contributed by atoms with E-state index in [0.29, 0.717) is 12.3 Å². The van der Waals surface area contributed by atoms with Crippen molar-refractivity contribution in [3.63, 3.8) is 0 Å². The van der Waals surface area contributed by atoms with Gasteiger partial charge in [0.2, 0.25) is 0 Å². The second-order valence-corrected chi connectivity index (χ2v) is 5.98. The molecule has 0 aliphatic heterocycles. The minimum absolute atomic E-state index is 0.194. The lowest BCUT2D eigenvalue weighted by Crippen LogP contribution is -2.35. The van der Waals surface area contributed by atoms with Crippen LogP contribution >= 0.6 is 0 Å². The van der Waals surface area contributed by atoms with Crippen LogP contribution < -0.4 is 11.5 Å². The lowest BCUT2D eigenvalue weighted by atomic mass is 9.87. The number of rotatable bonds is 14. The largest absolute Gasteiger partial charge is 0.330 e. The lowest BCUT2D eigenvalue weighted by Gasteiger charge is -2.20. The third kappa shape index (κ3) is 9.49. The number of nitrogens with two attached hydrogens (primary N) is 2. The highest BCUT2D eigenvalue weighted by atomic mass is 16.1. The van der Waals surface area contributed by atoms with Crippen LogP contribution in [0.15, 0.2) is 0 Å². The van der Waals surface area contributed by atoms with Crippen LogP contribution in [0.3, 0.4) is 0 Å². The molecule has 20 heavy (non-hydrogen) atoms. The first-order valence-electron chi connectivity index (χ1n) is 8.66. The van der Waals surface area contributed by atoms with Gasteiger partial charge in [0.05, 0.1) is 6.04 Å². The van der Waals surface area contributed by atoms with Crippen molar-refractivity contribution in [1.29, 1.82) is 0 Å². The van der Waals surface area contributed by atoms with Gasteiger partial charge in [0.15, 0.2) is 5.78 Å². The van der Waals surface area contributed by atoms with Gasteiger partial charge in [-0.1, -0.05) is 58.8 Å². The van der Waals surface area contributed by atoms with Crippen LogP contribution in [-0.4, -0.2) is 18.4 Å². The summed E-state index contributed by atoms with van der Waals surface area (Å²) in [6.45, 7) is 5.09. The Bertz CT molecular complexity index is 231. The fourth-order valence-corrected chi connectivity index (χ4v) is 2.65. The van der Waals surface area contributed by atoms with Crippen molar-refractivity contribution >= 4 is 5.78 Å². The predicted octanol–water partition coefficient (Wildman–Crippen LogP) is 3.79. The van der Waals surface area contributed by atoms with Gasteiger partial charge < -0.3 is 11.5 Å². The lowest BCUT2D eigenvalue weighted by molar-refractivity contribution is -0.124. The zero-order chi connectivity index (χ0) is 15.2. The molecule has 0 aliphatic rings. The number of carbonyl (C=O) groups is 1. The molecule has 4 N–H and O–H groups in total. The van der Waals surface area contributed by atoms with Crippen LogP contribution in [-0.2, 0) is 4.79 Å². The minimum Gasteiger partial charge on any atom is -0.330 e. The Morgan fingerprint density at radius 1 is 0.850 bits per heavy atom. The molecule has 1 unspecified atom stereocenters. The molecule has 0 heterocycles. The van der Waals surface area contributed by atoms with E-state index in [0.717, 1.165) is 44.9 Å². The van der Waals surface area contributed by atoms with Gasteiger partial charge in [-0.2, -0.15) is 0 Å². The average molecular weight is 284 g/mol. The summed E-state index contributed by atoms with van der Waals surface area (Å²) in [5, 5.41) is 0. The van der Waals surface area contributed by atoms with Crippen molar-refractivity contribution in [2.75, 3.05) is 6.54 Å². The third-order valence-corrected chi connectivity index (χ3v) is 4.05. The van der Waals surface area contributed by atoms with E-state index >= 15 is 0 Å². The molecular formula is C17H36N2O. The molecular weight excluding hydrogens is 248 g/mol. The molecule has 2 atom stereocenters. The third-order valence-electron chi connectivity index (χ3n) is 4.05. The summed E-state index contributed by atoms with van der Waals surface area (Å²) < 4.78 is 0. The van der Waals surface area contributed by atoms with E-state index in [2.05, 4.69) is 13.8 Å². The van der Waals surface area contributed by atoms with E-state index in [4.69, 9.17) is 11.5 Å². The highest BCUT2D eigenvalue weighted by molar-refractivity contribution is 5.86. The first-order valence-corrected chi connectivity index (χ1v) is 8.66. The van der Waals surface area contributed by atoms with Gasteiger partial charge >= 0.3 is 0 Å². The molecule has 0 saturated carbocycles. The molecule has 120 valence electrons. The van der Waals surface area contributed by atoms with Gasteiger partial charge in [0, 0.05) is 5.92 Å². The minimum atomic E-state index is -0.269. The highest BCUT2D eigenvalue weighted by Crippen LogP contribution is 2.20. The summed E-state index contributed by atoms with van der Waals surface area (Å²) in [6, 6.07) is -0.269. The first-order chi connectivity index (χ1) is 9.67. The standard InChI is InChI=1S/C17H36N2O/c1-3-5-7-8-12-15(11-6-4-2)17(20)16(19)13-9-10-14-18/h15-16H,3-14,18-19H2,1-2H3/t15?,16-/m0/s1. The molecule has 0 aromatic rings. The van der Waals surface area contributed by atoms with Crippen LogP contribution in [0.2, 0.25) is 0 Å². The van der Waals surface area contributed by atoms with E-state index in [9.17, 15) is 4.79 Å². The second-order valence-electron chi connectivity index (χ2n) is 5.98. The maximum atomic E-state index is 12.5. The van der Waals surface area contributed by atoms with Crippen molar-refractivity contribution in [1.82, 2.24) is 0 Å². The van der Waals surface area contributed by atoms with Gasteiger partial charge in [0.25, 0.3) is 0 Å². The Balaban J connectivity index is 4.16. The Kier molecular flexibility index (Phi) is 13.3. The topological polar surface area (TPSA) is 69.1 Å². The number of hydrogen-bond donors (Lipinski definition) is 2. The zero-order valence-corrected chi connectivity index (χ0v) is 13.7. The number of ketones is 1. The van der Waals surface area contributed by atoms with E-state index < -0.39 is 0 Å². The molecule has 0 aliphatic carbocycles. The molecule has 3 nitrogen and oxygen atoms in total. The number of unbranched alkanes of at least 4 members (excludes halogenated alkanes) is 5. The Hall–Kier alpha value is -0.410. The summed E-state index contributed by atoms with van der Waals surface area (Å²) in [4.78, 5) is 12.5. The zero-order valence-electron chi connectivity index (χ0n) is 13.7. The van der Waals surface area contributed by atoms with Crippen molar-refractivity contribution in [2.24, 2.45) is 17.4 Å². The van der Waals surface area contributed by atoms with Crippen LogP contribution in [0.4, 0.5) is 0 Å². The normalized spacial score (nSPS) is 14.2. The van der Waals surface area contributed by atoms with Crippen LogP contribution in [0, 0.1) is 5.92 Å². The monoisotopic (exact) mass is 284 g/mol. The van der Waals surface area contributed by atoms with Crippen molar-refractivity contribution in [3.8, 4) is 0 Å². The molecule has 0 saturated heterocycles. The van der Waals surface area contributed by atoms with Gasteiger partial charge in [-0.25, -0.2) is 0 Å². The Morgan fingerprint density at radius 3 is 2.05 bits per heavy atom. The first kappa shape index (κ1) is 19.6. The number of carbonyl (C=O) groups excluding carboxylic acids is 1. The molecule has 0 fully saturated rings. The molecule has 0 amide bonds. The van der Waals surface area contributed by atoms with E-state index in [-0.39, 0.29) is 12.0 Å². The van der Waals surface area contributed by atoms with Crippen LogP contribution in [0.25, 0.3) is 0 Å².